The molecule has 1 atom stereocenters. The standard InChI is InChI=1S/C22H18FN3O5S/c1-11(2)19(21(28)29)25-20(27)17-10-16(26-31-17)12-3-6-14(7-4-12)30-22-24-15-8-5-13(23)9-18(15)32-22/h3-11,19H,1-2H3,(H,25,27)(H,28,29). The van der Waals surface area contributed by atoms with Crippen molar-refractivity contribution in [2.24, 2.45) is 5.92 Å². The van der Waals surface area contributed by atoms with Gasteiger partial charge in [0.1, 0.15) is 23.3 Å². The molecular weight excluding hydrogens is 437 g/mol. The highest BCUT2D eigenvalue weighted by atomic mass is 32.1. The van der Waals surface area contributed by atoms with Gasteiger partial charge in [0.15, 0.2) is 0 Å². The molecule has 0 radical (unpaired) electrons. The molecule has 1 unspecified atom stereocenters. The lowest BCUT2D eigenvalue weighted by atomic mass is 10.0. The average Bonchev–Trinajstić information content (AvgIpc) is 3.38. The number of carboxylic acids is 1. The molecule has 2 aromatic heterocycles. The van der Waals surface area contributed by atoms with Crippen molar-refractivity contribution in [3.05, 3.63) is 60.1 Å². The molecule has 2 aromatic carbocycles. The highest BCUT2D eigenvalue weighted by Gasteiger charge is 2.26. The number of carbonyl (C=O) groups excluding carboxylic acids is 1. The molecule has 164 valence electrons. The third-order valence-corrected chi connectivity index (χ3v) is 5.54. The van der Waals surface area contributed by atoms with Gasteiger partial charge in [-0.1, -0.05) is 30.3 Å². The van der Waals surface area contributed by atoms with Crippen LogP contribution >= 0.6 is 11.3 Å². The van der Waals surface area contributed by atoms with E-state index in [9.17, 15) is 19.1 Å². The van der Waals surface area contributed by atoms with E-state index in [2.05, 4.69) is 15.5 Å². The topological polar surface area (TPSA) is 115 Å². The molecule has 10 heteroatoms. The van der Waals surface area contributed by atoms with Crippen LogP contribution in [0.15, 0.2) is 53.1 Å². The Bertz CT molecular complexity index is 1280. The van der Waals surface area contributed by atoms with Gasteiger partial charge in [-0.25, -0.2) is 14.2 Å². The van der Waals surface area contributed by atoms with Crippen LogP contribution in [0.25, 0.3) is 21.5 Å². The van der Waals surface area contributed by atoms with Crippen LogP contribution in [0.2, 0.25) is 0 Å². The molecular formula is C22H18FN3O5S. The van der Waals surface area contributed by atoms with E-state index >= 15 is 0 Å². The minimum absolute atomic E-state index is 0.0889. The number of ether oxygens (including phenoxy) is 1. The van der Waals surface area contributed by atoms with Crippen molar-refractivity contribution >= 4 is 33.4 Å². The number of benzene rings is 2. The summed E-state index contributed by atoms with van der Waals surface area (Å²) in [4.78, 5) is 27.9. The Balaban J connectivity index is 1.45. The zero-order chi connectivity index (χ0) is 22.8. The van der Waals surface area contributed by atoms with Crippen molar-refractivity contribution in [1.82, 2.24) is 15.5 Å². The van der Waals surface area contributed by atoms with E-state index in [1.165, 1.54) is 29.5 Å². The van der Waals surface area contributed by atoms with Crippen LogP contribution in [0.1, 0.15) is 24.4 Å². The Morgan fingerprint density at radius 1 is 1.16 bits per heavy atom. The van der Waals surface area contributed by atoms with Crippen molar-refractivity contribution in [3.8, 4) is 22.2 Å². The quantitative estimate of drug-likeness (QED) is 0.414. The van der Waals surface area contributed by atoms with E-state index in [4.69, 9.17) is 9.26 Å². The number of amides is 1. The highest BCUT2D eigenvalue weighted by molar-refractivity contribution is 7.20. The summed E-state index contributed by atoms with van der Waals surface area (Å²) >= 11 is 1.24. The summed E-state index contributed by atoms with van der Waals surface area (Å²) in [6.07, 6.45) is 0. The van der Waals surface area contributed by atoms with Gasteiger partial charge in [-0.05, 0) is 48.4 Å². The van der Waals surface area contributed by atoms with Crippen LogP contribution in [0, 0.1) is 11.7 Å². The number of carbonyl (C=O) groups is 2. The van der Waals surface area contributed by atoms with Gasteiger partial charge >= 0.3 is 5.97 Å². The second-order valence-corrected chi connectivity index (χ2v) is 8.32. The van der Waals surface area contributed by atoms with E-state index in [1.807, 2.05) is 0 Å². The first kappa shape index (κ1) is 21.4. The molecule has 0 aliphatic rings. The first-order valence-electron chi connectivity index (χ1n) is 9.65. The Hall–Kier alpha value is -3.79. The van der Waals surface area contributed by atoms with Crippen LogP contribution in [-0.4, -0.2) is 33.2 Å². The largest absolute Gasteiger partial charge is 0.480 e. The summed E-state index contributed by atoms with van der Waals surface area (Å²) in [7, 11) is 0. The SMILES string of the molecule is CC(C)C(NC(=O)c1cc(-c2ccc(Oc3nc4ccc(F)cc4s3)cc2)no1)C(=O)O. The number of halogens is 1. The van der Waals surface area contributed by atoms with Gasteiger partial charge < -0.3 is 19.7 Å². The molecule has 32 heavy (non-hydrogen) atoms. The van der Waals surface area contributed by atoms with E-state index in [0.29, 0.717) is 32.4 Å². The van der Waals surface area contributed by atoms with Gasteiger partial charge in [-0.2, -0.15) is 0 Å². The van der Waals surface area contributed by atoms with Crippen LogP contribution in [-0.2, 0) is 4.79 Å². The van der Waals surface area contributed by atoms with Crippen LogP contribution in [0.5, 0.6) is 10.9 Å². The monoisotopic (exact) mass is 455 g/mol. The zero-order valence-electron chi connectivity index (χ0n) is 17.0. The van der Waals surface area contributed by atoms with Crippen molar-refractivity contribution in [3.63, 3.8) is 0 Å². The Morgan fingerprint density at radius 3 is 2.59 bits per heavy atom. The van der Waals surface area contributed by atoms with Gasteiger partial charge in [0.05, 0.1) is 10.2 Å². The Morgan fingerprint density at radius 2 is 1.91 bits per heavy atom. The molecule has 0 bridgehead atoms. The number of thiazole rings is 1. The molecule has 4 aromatic rings. The first-order valence-corrected chi connectivity index (χ1v) is 10.5. The molecule has 0 fully saturated rings. The smallest absolute Gasteiger partial charge is 0.326 e. The number of hydrogen-bond donors (Lipinski definition) is 2. The molecule has 0 aliphatic heterocycles. The van der Waals surface area contributed by atoms with Gasteiger partial charge in [0, 0.05) is 11.6 Å². The number of fused-ring (bicyclic) bond motifs is 1. The zero-order valence-corrected chi connectivity index (χ0v) is 17.9. The predicted molar refractivity (Wildman–Crippen MR) is 115 cm³/mol. The second kappa shape index (κ2) is 8.75. The fraction of sp³-hybridized carbons (Fsp3) is 0.182. The molecule has 0 aliphatic carbocycles. The van der Waals surface area contributed by atoms with Crippen molar-refractivity contribution in [2.45, 2.75) is 19.9 Å². The second-order valence-electron chi connectivity index (χ2n) is 7.33. The lowest BCUT2D eigenvalue weighted by Crippen LogP contribution is -2.44. The number of nitrogens with zero attached hydrogens (tertiary/aromatic N) is 2. The van der Waals surface area contributed by atoms with Crippen molar-refractivity contribution in [1.29, 1.82) is 0 Å². The molecule has 8 nitrogen and oxygen atoms in total. The van der Waals surface area contributed by atoms with Gasteiger partial charge in [-0.3, -0.25) is 4.79 Å². The summed E-state index contributed by atoms with van der Waals surface area (Å²) < 4.78 is 24.9. The molecule has 0 spiro atoms. The lowest BCUT2D eigenvalue weighted by molar-refractivity contribution is -0.140. The van der Waals surface area contributed by atoms with Crippen LogP contribution < -0.4 is 10.1 Å². The Kier molecular flexibility index (Phi) is 5.87. The minimum atomic E-state index is -1.12. The number of nitrogens with one attached hydrogen (secondary N) is 1. The van der Waals surface area contributed by atoms with Gasteiger partial charge in [-0.15, -0.1) is 0 Å². The maximum Gasteiger partial charge on any atom is 0.326 e. The van der Waals surface area contributed by atoms with Crippen molar-refractivity contribution in [2.75, 3.05) is 0 Å². The molecule has 1 amide bonds. The van der Waals surface area contributed by atoms with Gasteiger partial charge in [0.2, 0.25) is 5.76 Å². The van der Waals surface area contributed by atoms with Gasteiger partial charge in [0.25, 0.3) is 11.1 Å². The number of carboxylic acid groups (broad SMARTS) is 1. The normalized spacial score (nSPS) is 12.1. The third kappa shape index (κ3) is 4.59. The molecule has 4 rings (SSSR count). The number of hydrogen-bond acceptors (Lipinski definition) is 7. The summed E-state index contributed by atoms with van der Waals surface area (Å²) in [5.41, 5.74) is 1.73. The van der Waals surface area contributed by atoms with Crippen LogP contribution in [0.4, 0.5) is 4.39 Å². The Labute approximate surface area is 185 Å². The highest BCUT2D eigenvalue weighted by Crippen LogP contribution is 2.32. The first-order chi connectivity index (χ1) is 15.3. The molecule has 0 saturated heterocycles. The predicted octanol–water partition coefficient (Wildman–Crippen LogP) is 4.72. The molecule has 2 heterocycles. The molecule has 0 saturated carbocycles. The molecule has 2 N–H and O–H groups in total. The van der Waals surface area contributed by atoms with E-state index in [-0.39, 0.29) is 17.5 Å². The minimum Gasteiger partial charge on any atom is -0.480 e. The number of aliphatic carboxylic acids is 1. The fourth-order valence-electron chi connectivity index (χ4n) is 2.96. The van der Waals surface area contributed by atoms with E-state index in [0.717, 1.165) is 0 Å². The summed E-state index contributed by atoms with van der Waals surface area (Å²) in [6.45, 7) is 3.39. The van der Waals surface area contributed by atoms with E-state index < -0.39 is 17.9 Å². The maximum atomic E-state index is 13.3. The summed E-state index contributed by atoms with van der Waals surface area (Å²) in [6, 6.07) is 11.6. The number of rotatable bonds is 7. The van der Waals surface area contributed by atoms with E-state index in [1.54, 1.807) is 44.2 Å². The summed E-state index contributed by atoms with van der Waals surface area (Å²) in [5.74, 6) is -1.97. The van der Waals surface area contributed by atoms with Crippen molar-refractivity contribution < 1.29 is 28.3 Å². The third-order valence-electron chi connectivity index (χ3n) is 4.64. The fourth-order valence-corrected chi connectivity index (χ4v) is 3.82. The summed E-state index contributed by atoms with van der Waals surface area (Å²) in [5, 5.41) is 15.9. The number of aromatic nitrogens is 2. The maximum absolute atomic E-state index is 13.3. The lowest BCUT2D eigenvalue weighted by Gasteiger charge is -2.16. The average molecular weight is 455 g/mol. The van der Waals surface area contributed by atoms with Crippen LogP contribution in [0.3, 0.4) is 0 Å².